The maximum absolute atomic E-state index is 11.9. The van der Waals surface area contributed by atoms with Crippen LogP contribution in [0.4, 0.5) is 0 Å². The summed E-state index contributed by atoms with van der Waals surface area (Å²) in [6, 6.07) is -0.649. The molecule has 17 heavy (non-hydrogen) atoms. The number of hydrogen-bond acceptors (Lipinski definition) is 4. The third-order valence-corrected chi connectivity index (χ3v) is 2.96. The Labute approximate surface area is 101 Å². The maximum atomic E-state index is 11.9. The van der Waals surface area contributed by atoms with Crippen LogP contribution in [0.1, 0.15) is 19.3 Å². The Kier molecular flexibility index (Phi) is 5.37. The number of carbonyl (C=O) groups is 2. The van der Waals surface area contributed by atoms with Crippen LogP contribution >= 0.6 is 0 Å². The van der Waals surface area contributed by atoms with Crippen molar-refractivity contribution < 1.29 is 19.4 Å². The highest BCUT2D eigenvalue weighted by Gasteiger charge is 2.27. The summed E-state index contributed by atoms with van der Waals surface area (Å²) in [4.78, 5) is 24.2. The van der Waals surface area contributed by atoms with Crippen molar-refractivity contribution in [2.24, 2.45) is 11.7 Å². The molecule has 1 aliphatic heterocycles. The largest absolute Gasteiger partial charge is 0.481 e. The average Bonchev–Trinajstić information content (AvgIpc) is 2.28. The number of amides is 1. The van der Waals surface area contributed by atoms with Crippen molar-refractivity contribution in [2.45, 2.75) is 25.3 Å². The molecule has 2 unspecified atom stereocenters. The van der Waals surface area contributed by atoms with Gasteiger partial charge in [0.25, 0.3) is 0 Å². The van der Waals surface area contributed by atoms with Gasteiger partial charge < -0.3 is 20.5 Å². The Morgan fingerprint density at radius 1 is 1.59 bits per heavy atom. The van der Waals surface area contributed by atoms with Crippen LogP contribution in [0.5, 0.6) is 0 Å². The number of hydrogen-bond donors (Lipinski definition) is 2. The van der Waals surface area contributed by atoms with Crippen molar-refractivity contribution >= 4 is 11.9 Å². The predicted octanol–water partition coefficient (Wildman–Crippen LogP) is -0.327. The summed E-state index contributed by atoms with van der Waals surface area (Å²) in [5.74, 6) is -0.924. The van der Waals surface area contributed by atoms with Gasteiger partial charge in [-0.2, -0.15) is 0 Å². The lowest BCUT2D eigenvalue weighted by Gasteiger charge is -2.33. The van der Waals surface area contributed by atoms with Gasteiger partial charge >= 0.3 is 5.97 Å². The van der Waals surface area contributed by atoms with E-state index < -0.39 is 12.0 Å². The molecular formula is C11H20N2O4. The summed E-state index contributed by atoms with van der Waals surface area (Å²) in [5.41, 5.74) is 5.67. The third-order valence-electron chi connectivity index (χ3n) is 2.96. The van der Waals surface area contributed by atoms with E-state index >= 15 is 0 Å². The van der Waals surface area contributed by atoms with E-state index in [1.165, 1.54) is 7.11 Å². The minimum atomic E-state index is -0.814. The van der Waals surface area contributed by atoms with Gasteiger partial charge in [-0.05, 0) is 18.8 Å². The molecule has 1 rings (SSSR count). The van der Waals surface area contributed by atoms with E-state index in [9.17, 15) is 9.59 Å². The molecule has 0 spiro atoms. The number of carboxylic acids is 1. The van der Waals surface area contributed by atoms with Crippen molar-refractivity contribution in [1.82, 2.24) is 4.90 Å². The molecule has 0 bridgehead atoms. The van der Waals surface area contributed by atoms with Gasteiger partial charge in [0.1, 0.15) is 6.04 Å². The molecule has 1 fully saturated rings. The summed E-state index contributed by atoms with van der Waals surface area (Å²) < 4.78 is 4.84. The van der Waals surface area contributed by atoms with Crippen LogP contribution < -0.4 is 5.73 Å². The fourth-order valence-corrected chi connectivity index (χ4v) is 2.16. The molecule has 0 aliphatic carbocycles. The van der Waals surface area contributed by atoms with Crippen molar-refractivity contribution in [3.05, 3.63) is 0 Å². The number of aliphatic carboxylic acids is 1. The molecule has 1 amide bonds. The number of nitrogens with zero attached hydrogens (tertiary/aromatic N) is 1. The van der Waals surface area contributed by atoms with E-state index in [-0.39, 0.29) is 24.9 Å². The SMILES string of the molecule is COCC(N)C(=O)N1CCCC(CC(=O)O)C1. The van der Waals surface area contributed by atoms with E-state index in [2.05, 4.69) is 0 Å². The second kappa shape index (κ2) is 6.56. The van der Waals surface area contributed by atoms with Crippen LogP contribution in [-0.2, 0) is 14.3 Å². The van der Waals surface area contributed by atoms with Gasteiger partial charge in [0.2, 0.25) is 5.91 Å². The van der Waals surface area contributed by atoms with Crippen molar-refractivity contribution in [2.75, 3.05) is 26.8 Å². The van der Waals surface area contributed by atoms with Crippen LogP contribution in [0.25, 0.3) is 0 Å². The fraction of sp³-hybridized carbons (Fsp3) is 0.818. The highest BCUT2D eigenvalue weighted by molar-refractivity contribution is 5.82. The standard InChI is InChI=1S/C11H20N2O4/c1-17-7-9(12)11(16)13-4-2-3-8(6-13)5-10(14)15/h8-9H,2-7,12H2,1H3,(H,14,15). The van der Waals surface area contributed by atoms with Gasteiger partial charge in [-0.1, -0.05) is 0 Å². The van der Waals surface area contributed by atoms with Crippen LogP contribution in [-0.4, -0.2) is 54.7 Å². The molecule has 0 saturated carbocycles. The summed E-state index contributed by atoms with van der Waals surface area (Å²) in [6.45, 7) is 1.34. The van der Waals surface area contributed by atoms with Crippen molar-refractivity contribution in [3.8, 4) is 0 Å². The molecule has 0 radical (unpaired) electrons. The van der Waals surface area contributed by atoms with E-state index in [1.54, 1.807) is 4.90 Å². The highest BCUT2D eigenvalue weighted by atomic mass is 16.5. The minimum Gasteiger partial charge on any atom is -0.481 e. The van der Waals surface area contributed by atoms with Crippen LogP contribution in [0.15, 0.2) is 0 Å². The van der Waals surface area contributed by atoms with Gasteiger partial charge in [-0.25, -0.2) is 0 Å². The molecule has 0 aromatic heterocycles. The van der Waals surface area contributed by atoms with Gasteiger partial charge in [0.05, 0.1) is 6.61 Å². The Balaban J connectivity index is 2.48. The van der Waals surface area contributed by atoms with Gasteiger partial charge in [-0.3, -0.25) is 9.59 Å². The number of carboxylic acid groups (broad SMARTS) is 1. The number of methoxy groups -OCH3 is 1. The topological polar surface area (TPSA) is 92.9 Å². The highest BCUT2D eigenvalue weighted by Crippen LogP contribution is 2.19. The number of likely N-dealkylation sites (tertiary alicyclic amines) is 1. The maximum Gasteiger partial charge on any atom is 0.303 e. The number of rotatable bonds is 5. The Morgan fingerprint density at radius 2 is 2.29 bits per heavy atom. The lowest BCUT2D eigenvalue weighted by atomic mass is 9.94. The zero-order valence-corrected chi connectivity index (χ0v) is 10.1. The Morgan fingerprint density at radius 3 is 2.88 bits per heavy atom. The third kappa shape index (κ3) is 4.32. The van der Waals surface area contributed by atoms with Gasteiger partial charge in [-0.15, -0.1) is 0 Å². The first-order valence-electron chi connectivity index (χ1n) is 5.79. The fourth-order valence-electron chi connectivity index (χ4n) is 2.16. The first-order valence-corrected chi connectivity index (χ1v) is 5.79. The second-order valence-electron chi connectivity index (χ2n) is 4.45. The van der Waals surface area contributed by atoms with Crippen LogP contribution in [0.2, 0.25) is 0 Å². The molecule has 1 aliphatic rings. The monoisotopic (exact) mass is 244 g/mol. The van der Waals surface area contributed by atoms with Gasteiger partial charge in [0.15, 0.2) is 0 Å². The summed E-state index contributed by atoms with van der Waals surface area (Å²) >= 11 is 0. The van der Waals surface area contributed by atoms with E-state index in [0.29, 0.717) is 13.1 Å². The Hall–Kier alpha value is -1.14. The number of piperidine rings is 1. The summed E-state index contributed by atoms with van der Waals surface area (Å²) in [6.07, 6.45) is 1.81. The molecule has 3 N–H and O–H groups in total. The first kappa shape index (κ1) is 13.9. The number of ether oxygens (including phenoxy) is 1. The quantitative estimate of drug-likeness (QED) is 0.691. The smallest absolute Gasteiger partial charge is 0.303 e. The Bertz CT molecular complexity index is 283. The molecule has 1 heterocycles. The van der Waals surface area contributed by atoms with Crippen LogP contribution in [0, 0.1) is 5.92 Å². The first-order chi connectivity index (χ1) is 8.04. The second-order valence-corrected chi connectivity index (χ2v) is 4.45. The lowest BCUT2D eigenvalue weighted by Crippen LogP contribution is -2.49. The molecular weight excluding hydrogens is 224 g/mol. The molecule has 2 atom stereocenters. The van der Waals surface area contributed by atoms with Crippen molar-refractivity contribution in [1.29, 1.82) is 0 Å². The molecule has 0 aromatic carbocycles. The predicted molar refractivity (Wildman–Crippen MR) is 61.4 cm³/mol. The minimum absolute atomic E-state index is 0.0416. The molecule has 6 nitrogen and oxygen atoms in total. The molecule has 0 aromatic rings. The van der Waals surface area contributed by atoms with E-state index in [0.717, 1.165) is 12.8 Å². The summed E-state index contributed by atoms with van der Waals surface area (Å²) in [5, 5.41) is 8.74. The van der Waals surface area contributed by atoms with Crippen LogP contribution in [0.3, 0.4) is 0 Å². The van der Waals surface area contributed by atoms with Gasteiger partial charge in [0, 0.05) is 26.6 Å². The normalized spacial score (nSPS) is 22.2. The van der Waals surface area contributed by atoms with E-state index in [1.807, 2.05) is 0 Å². The van der Waals surface area contributed by atoms with E-state index in [4.69, 9.17) is 15.6 Å². The number of carbonyl (C=O) groups excluding carboxylic acids is 1. The average molecular weight is 244 g/mol. The van der Waals surface area contributed by atoms with Crippen molar-refractivity contribution in [3.63, 3.8) is 0 Å². The molecule has 98 valence electrons. The zero-order valence-electron chi connectivity index (χ0n) is 10.1. The molecule has 1 saturated heterocycles. The number of nitrogens with two attached hydrogens (primary N) is 1. The lowest BCUT2D eigenvalue weighted by molar-refractivity contribution is -0.141. The molecule has 6 heteroatoms. The zero-order chi connectivity index (χ0) is 12.8. The summed E-state index contributed by atoms with van der Waals surface area (Å²) in [7, 11) is 1.50.